The van der Waals surface area contributed by atoms with Crippen molar-refractivity contribution in [3.05, 3.63) is 59.7 Å². The van der Waals surface area contributed by atoms with Crippen LogP contribution in [0.2, 0.25) is 0 Å². The molecular formula is C20H22N3O3+. The average molecular weight is 352 g/mol. The summed E-state index contributed by atoms with van der Waals surface area (Å²) >= 11 is 0. The Labute approximate surface area is 152 Å². The molecule has 134 valence electrons. The van der Waals surface area contributed by atoms with Crippen LogP contribution in [0.5, 0.6) is 11.5 Å². The van der Waals surface area contributed by atoms with Crippen molar-refractivity contribution < 1.29 is 19.2 Å². The summed E-state index contributed by atoms with van der Waals surface area (Å²) in [7, 11) is 0. The molecule has 4 rings (SSSR count). The number of rotatable bonds is 4. The number of nitrogens with zero attached hydrogens (tertiary/aromatic N) is 1. The van der Waals surface area contributed by atoms with Gasteiger partial charge in [-0.3, -0.25) is 4.79 Å². The lowest BCUT2D eigenvalue weighted by molar-refractivity contribution is -0.914. The van der Waals surface area contributed by atoms with Crippen molar-refractivity contribution in [1.82, 2.24) is 5.43 Å². The van der Waals surface area contributed by atoms with E-state index < -0.39 is 0 Å². The molecule has 2 heterocycles. The summed E-state index contributed by atoms with van der Waals surface area (Å²) in [4.78, 5) is 13.8. The van der Waals surface area contributed by atoms with Gasteiger partial charge in [0.25, 0.3) is 5.91 Å². The lowest BCUT2D eigenvalue weighted by Crippen LogP contribution is -3.11. The summed E-state index contributed by atoms with van der Waals surface area (Å²) in [6, 6.07) is 15.7. The molecule has 2 aromatic rings. The third-order valence-corrected chi connectivity index (χ3v) is 4.78. The average Bonchev–Trinajstić information content (AvgIpc) is 3.16. The zero-order chi connectivity index (χ0) is 17.8. The number of hydrogen-bond donors (Lipinski definition) is 2. The van der Waals surface area contributed by atoms with Crippen LogP contribution < -0.4 is 19.8 Å². The second-order valence-electron chi connectivity index (χ2n) is 6.60. The predicted octanol–water partition coefficient (Wildman–Crippen LogP) is 1.38. The van der Waals surface area contributed by atoms with Crippen molar-refractivity contribution >= 4 is 11.6 Å². The Morgan fingerprint density at radius 2 is 1.81 bits per heavy atom. The summed E-state index contributed by atoms with van der Waals surface area (Å²) < 4.78 is 10.6. The molecular weight excluding hydrogens is 330 g/mol. The van der Waals surface area contributed by atoms with Gasteiger partial charge in [-0.15, -0.1) is 0 Å². The number of benzene rings is 2. The van der Waals surface area contributed by atoms with E-state index in [1.807, 2.05) is 6.07 Å². The first-order valence-electron chi connectivity index (χ1n) is 8.91. The molecule has 0 saturated carbocycles. The highest BCUT2D eigenvalue weighted by molar-refractivity contribution is 5.96. The number of hydrazone groups is 1. The van der Waals surface area contributed by atoms with Crippen LogP contribution in [-0.4, -0.2) is 31.5 Å². The number of nitrogens with one attached hydrogen (secondary N) is 2. The highest BCUT2D eigenvalue weighted by Gasteiger charge is 2.19. The van der Waals surface area contributed by atoms with Crippen LogP contribution in [-0.2, 0) is 6.54 Å². The van der Waals surface area contributed by atoms with Crippen molar-refractivity contribution in [2.75, 3.05) is 19.9 Å². The van der Waals surface area contributed by atoms with Gasteiger partial charge < -0.3 is 14.4 Å². The Hall–Kier alpha value is -2.86. The maximum absolute atomic E-state index is 12.3. The minimum Gasteiger partial charge on any atom is -0.454 e. The second-order valence-corrected chi connectivity index (χ2v) is 6.60. The minimum atomic E-state index is -0.227. The lowest BCUT2D eigenvalue weighted by Gasteiger charge is -2.24. The molecule has 2 aliphatic heterocycles. The molecule has 0 atom stereocenters. The van der Waals surface area contributed by atoms with Gasteiger partial charge in [0.05, 0.1) is 13.1 Å². The van der Waals surface area contributed by atoms with Gasteiger partial charge in [0, 0.05) is 29.7 Å². The Balaban J connectivity index is 1.29. The molecule has 0 radical (unpaired) electrons. The number of carbonyl (C=O) groups is 1. The quantitative estimate of drug-likeness (QED) is 0.817. The SMILES string of the molecule is O=C(NN=C1CC[NH+](Cc2ccccc2)CC1)c1ccc2c(c1)OCO2. The maximum atomic E-state index is 12.3. The molecule has 2 aromatic carbocycles. The number of amides is 1. The van der Waals surface area contributed by atoms with Crippen LogP contribution in [0, 0.1) is 0 Å². The first-order chi connectivity index (χ1) is 12.8. The van der Waals surface area contributed by atoms with Crippen molar-refractivity contribution in [3.63, 3.8) is 0 Å². The van der Waals surface area contributed by atoms with E-state index in [1.165, 1.54) is 5.56 Å². The first kappa shape index (κ1) is 16.6. The zero-order valence-electron chi connectivity index (χ0n) is 14.5. The highest BCUT2D eigenvalue weighted by Crippen LogP contribution is 2.32. The van der Waals surface area contributed by atoms with Gasteiger partial charge in [-0.1, -0.05) is 30.3 Å². The number of piperidine rings is 1. The van der Waals surface area contributed by atoms with Gasteiger partial charge >= 0.3 is 0 Å². The van der Waals surface area contributed by atoms with Gasteiger partial charge in [-0.05, 0) is 18.2 Å². The molecule has 26 heavy (non-hydrogen) atoms. The molecule has 6 nitrogen and oxygen atoms in total. The minimum absolute atomic E-state index is 0.199. The van der Waals surface area contributed by atoms with E-state index in [9.17, 15) is 4.79 Å². The second kappa shape index (κ2) is 7.58. The van der Waals surface area contributed by atoms with E-state index in [0.29, 0.717) is 17.1 Å². The fraction of sp³-hybridized carbons (Fsp3) is 0.300. The number of fused-ring (bicyclic) bond motifs is 1. The zero-order valence-corrected chi connectivity index (χ0v) is 14.5. The van der Waals surface area contributed by atoms with Crippen LogP contribution in [0.3, 0.4) is 0 Å². The fourth-order valence-electron chi connectivity index (χ4n) is 3.30. The van der Waals surface area contributed by atoms with E-state index >= 15 is 0 Å². The van der Waals surface area contributed by atoms with Crippen molar-refractivity contribution in [2.24, 2.45) is 5.10 Å². The molecule has 0 aromatic heterocycles. The maximum Gasteiger partial charge on any atom is 0.271 e. The normalized spacial score (nSPS) is 18.5. The molecule has 0 aliphatic carbocycles. The predicted molar refractivity (Wildman–Crippen MR) is 97.5 cm³/mol. The topological polar surface area (TPSA) is 64.4 Å². The van der Waals surface area contributed by atoms with Gasteiger partial charge in [-0.25, -0.2) is 5.43 Å². The van der Waals surface area contributed by atoms with Crippen LogP contribution in [0.4, 0.5) is 0 Å². The Kier molecular flexibility index (Phi) is 4.84. The van der Waals surface area contributed by atoms with E-state index in [1.54, 1.807) is 23.1 Å². The highest BCUT2D eigenvalue weighted by atomic mass is 16.7. The number of likely N-dealkylation sites (tertiary alicyclic amines) is 1. The first-order valence-corrected chi connectivity index (χ1v) is 8.91. The van der Waals surface area contributed by atoms with E-state index in [-0.39, 0.29) is 12.7 Å². The van der Waals surface area contributed by atoms with Gasteiger partial charge in [0.2, 0.25) is 6.79 Å². The number of carbonyl (C=O) groups excluding carboxylic acids is 1. The molecule has 0 spiro atoms. The summed E-state index contributed by atoms with van der Waals surface area (Å²) in [6.07, 6.45) is 1.81. The Morgan fingerprint density at radius 1 is 1.04 bits per heavy atom. The molecule has 1 saturated heterocycles. The van der Waals surface area contributed by atoms with Gasteiger partial charge in [0.1, 0.15) is 6.54 Å². The number of quaternary nitrogens is 1. The number of ether oxygens (including phenoxy) is 2. The van der Waals surface area contributed by atoms with Gasteiger partial charge in [-0.2, -0.15) is 5.10 Å². The molecule has 0 unspecified atom stereocenters. The van der Waals surface area contributed by atoms with E-state index in [0.717, 1.165) is 38.2 Å². The summed E-state index contributed by atoms with van der Waals surface area (Å²) in [5.74, 6) is 1.04. The monoisotopic (exact) mass is 352 g/mol. The molecule has 2 N–H and O–H groups in total. The van der Waals surface area contributed by atoms with Crippen molar-refractivity contribution in [3.8, 4) is 11.5 Å². The summed E-state index contributed by atoms with van der Waals surface area (Å²) in [6.45, 7) is 3.31. The standard InChI is InChI=1S/C20H21N3O3/c24-20(16-6-7-18-19(12-16)26-14-25-18)22-21-17-8-10-23(11-9-17)13-15-4-2-1-3-5-15/h1-7,12H,8-11,13-14H2,(H,22,24)/p+1. The Morgan fingerprint density at radius 3 is 2.62 bits per heavy atom. The van der Waals surface area contributed by atoms with Crippen molar-refractivity contribution in [1.29, 1.82) is 0 Å². The largest absolute Gasteiger partial charge is 0.454 e. The molecule has 1 amide bonds. The van der Waals surface area contributed by atoms with Gasteiger partial charge in [0.15, 0.2) is 11.5 Å². The fourth-order valence-corrected chi connectivity index (χ4v) is 3.30. The van der Waals surface area contributed by atoms with Crippen LogP contribution in [0.15, 0.2) is 53.6 Å². The third kappa shape index (κ3) is 3.86. The van der Waals surface area contributed by atoms with Crippen LogP contribution in [0.25, 0.3) is 0 Å². The summed E-state index contributed by atoms with van der Waals surface area (Å²) in [5, 5.41) is 4.33. The van der Waals surface area contributed by atoms with Crippen LogP contribution in [0.1, 0.15) is 28.8 Å². The Bertz CT molecular complexity index is 810. The third-order valence-electron chi connectivity index (χ3n) is 4.78. The lowest BCUT2D eigenvalue weighted by atomic mass is 10.1. The van der Waals surface area contributed by atoms with E-state index in [4.69, 9.17) is 9.47 Å². The van der Waals surface area contributed by atoms with Crippen LogP contribution >= 0.6 is 0 Å². The smallest absolute Gasteiger partial charge is 0.271 e. The number of hydrogen-bond acceptors (Lipinski definition) is 4. The van der Waals surface area contributed by atoms with Crippen molar-refractivity contribution in [2.45, 2.75) is 19.4 Å². The molecule has 2 aliphatic rings. The molecule has 0 bridgehead atoms. The molecule has 6 heteroatoms. The van der Waals surface area contributed by atoms with E-state index in [2.05, 4.69) is 34.8 Å². The summed E-state index contributed by atoms with van der Waals surface area (Å²) in [5.41, 5.74) is 5.60. The molecule has 1 fully saturated rings.